The van der Waals surface area contributed by atoms with Crippen molar-refractivity contribution in [1.82, 2.24) is 14.8 Å². The van der Waals surface area contributed by atoms with E-state index in [1.807, 2.05) is 83.7 Å². The summed E-state index contributed by atoms with van der Waals surface area (Å²) in [5.41, 5.74) is 5.43. The molecule has 0 radical (unpaired) electrons. The van der Waals surface area contributed by atoms with Gasteiger partial charge in [0.1, 0.15) is 6.04 Å². The fraction of sp³-hybridized carbons (Fsp3) is 0.0690. The molecule has 0 saturated heterocycles. The number of hydrogen-bond acceptors (Lipinski definition) is 4. The zero-order valence-electron chi connectivity index (χ0n) is 19.5. The normalized spacial score (nSPS) is 15.1. The van der Waals surface area contributed by atoms with E-state index in [1.165, 1.54) is 5.01 Å². The minimum Gasteiger partial charge on any atom is -0.444 e. The lowest BCUT2D eigenvalue weighted by atomic mass is 9.97. The van der Waals surface area contributed by atoms with Gasteiger partial charge >= 0.3 is 5.91 Å². The predicted octanol–water partition coefficient (Wildman–Crippen LogP) is 7.65. The third kappa shape index (κ3) is 4.70. The second kappa shape index (κ2) is 9.95. The molecule has 0 aliphatic carbocycles. The lowest BCUT2D eigenvalue weighted by Crippen LogP contribution is -2.27. The van der Waals surface area contributed by atoms with Gasteiger partial charge in [-0.05, 0) is 63.5 Å². The molecule has 1 amide bonds. The molecular weight excluding hydrogens is 596 g/mol. The van der Waals surface area contributed by atoms with E-state index in [1.54, 1.807) is 12.1 Å². The Morgan fingerprint density at radius 3 is 2.22 bits per heavy atom. The topological polar surface area (TPSA) is 63.6 Å². The summed E-state index contributed by atoms with van der Waals surface area (Å²) >= 11 is 6.80. The number of amides is 1. The Bertz CT molecular complexity index is 1590. The standard InChI is InChI=1S/C29H20Br2N4O2/c30-21-13-11-20(12-14-21)24-17-25(35(32-24)29(36)26-15-16-27(31)37-26)28-23(19-7-3-1-4-8-19)18-34(33-28)22-9-5-2-6-10-22/h1-16,18,25H,17H2/t25-/m1/s1. The molecule has 0 bridgehead atoms. The van der Waals surface area contributed by atoms with E-state index in [4.69, 9.17) is 14.6 Å². The molecule has 0 saturated carbocycles. The van der Waals surface area contributed by atoms with Gasteiger partial charge in [-0.1, -0.05) is 76.6 Å². The highest BCUT2D eigenvalue weighted by atomic mass is 79.9. The lowest BCUT2D eigenvalue weighted by Gasteiger charge is -2.20. The van der Waals surface area contributed by atoms with Crippen LogP contribution in [0.25, 0.3) is 16.8 Å². The molecule has 37 heavy (non-hydrogen) atoms. The second-order valence-corrected chi connectivity index (χ2v) is 10.3. The van der Waals surface area contributed by atoms with Crippen LogP contribution < -0.4 is 0 Å². The van der Waals surface area contributed by atoms with Crippen LogP contribution in [0.4, 0.5) is 0 Å². The first-order chi connectivity index (χ1) is 18.1. The first-order valence-electron chi connectivity index (χ1n) is 11.7. The van der Waals surface area contributed by atoms with Gasteiger partial charge in [0.25, 0.3) is 0 Å². The molecule has 1 aliphatic heterocycles. The summed E-state index contributed by atoms with van der Waals surface area (Å²) in [6.07, 6.45) is 2.53. The van der Waals surface area contributed by atoms with Crippen LogP contribution in [0, 0.1) is 0 Å². The minimum absolute atomic E-state index is 0.210. The molecule has 2 aromatic heterocycles. The fourth-order valence-electron chi connectivity index (χ4n) is 4.46. The number of hydrazone groups is 1. The van der Waals surface area contributed by atoms with Crippen LogP contribution in [0.5, 0.6) is 0 Å². The number of aromatic nitrogens is 2. The first-order valence-corrected chi connectivity index (χ1v) is 13.3. The zero-order valence-corrected chi connectivity index (χ0v) is 22.6. The van der Waals surface area contributed by atoms with Crippen molar-refractivity contribution in [2.24, 2.45) is 5.10 Å². The summed E-state index contributed by atoms with van der Waals surface area (Å²) in [6.45, 7) is 0. The largest absolute Gasteiger partial charge is 0.444 e. The highest BCUT2D eigenvalue weighted by molar-refractivity contribution is 9.10. The molecular formula is C29H20Br2N4O2. The van der Waals surface area contributed by atoms with Crippen molar-refractivity contribution in [2.75, 3.05) is 0 Å². The van der Waals surface area contributed by atoms with Crippen molar-refractivity contribution in [3.63, 3.8) is 0 Å². The van der Waals surface area contributed by atoms with Gasteiger partial charge in [-0.3, -0.25) is 4.79 Å². The summed E-state index contributed by atoms with van der Waals surface area (Å²) < 4.78 is 8.94. The number of benzene rings is 3. The number of carbonyl (C=O) groups is 1. The highest BCUT2D eigenvalue weighted by Crippen LogP contribution is 2.39. The number of rotatable bonds is 5. The van der Waals surface area contributed by atoms with Crippen molar-refractivity contribution in [3.05, 3.63) is 129 Å². The second-order valence-electron chi connectivity index (χ2n) is 8.60. The van der Waals surface area contributed by atoms with Crippen LogP contribution in [0.2, 0.25) is 0 Å². The van der Waals surface area contributed by atoms with Gasteiger partial charge in [0, 0.05) is 22.7 Å². The van der Waals surface area contributed by atoms with Crippen molar-refractivity contribution >= 4 is 43.5 Å². The molecule has 0 fully saturated rings. The summed E-state index contributed by atoms with van der Waals surface area (Å²) in [5.74, 6) is -0.113. The Morgan fingerprint density at radius 1 is 0.838 bits per heavy atom. The fourth-order valence-corrected chi connectivity index (χ4v) is 5.03. The summed E-state index contributed by atoms with van der Waals surface area (Å²) in [6, 6.07) is 30.9. The molecule has 0 spiro atoms. The minimum atomic E-state index is -0.421. The van der Waals surface area contributed by atoms with E-state index in [0.29, 0.717) is 11.1 Å². The van der Waals surface area contributed by atoms with Gasteiger partial charge in [-0.25, -0.2) is 9.69 Å². The molecule has 1 aliphatic rings. The number of hydrogen-bond donors (Lipinski definition) is 0. The van der Waals surface area contributed by atoms with Crippen LogP contribution in [0.3, 0.4) is 0 Å². The molecule has 5 aromatic rings. The van der Waals surface area contributed by atoms with E-state index in [2.05, 4.69) is 44.0 Å². The van der Waals surface area contributed by atoms with Crippen LogP contribution in [0.1, 0.15) is 34.3 Å². The predicted molar refractivity (Wildman–Crippen MR) is 150 cm³/mol. The number of nitrogens with zero attached hydrogens (tertiary/aromatic N) is 4. The summed E-state index contributed by atoms with van der Waals surface area (Å²) in [5, 5.41) is 11.3. The third-order valence-corrected chi connectivity index (χ3v) is 7.20. The first kappa shape index (κ1) is 23.6. The maximum Gasteiger partial charge on any atom is 0.310 e. The highest BCUT2D eigenvalue weighted by Gasteiger charge is 2.38. The van der Waals surface area contributed by atoms with Gasteiger partial charge in [-0.15, -0.1) is 0 Å². The van der Waals surface area contributed by atoms with E-state index < -0.39 is 6.04 Å². The number of para-hydroxylation sites is 1. The van der Waals surface area contributed by atoms with Crippen molar-refractivity contribution in [2.45, 2.75) is 12.5 Å². The third-order valence-electron chi connectivity index (χ3n) is 6.24. The van der Waals surface area contributed by atoms with Gasteiger partial charge in [0.15, 0.2) is 10.4 Å². The Labute approximate surface area is 230 Å². The molecule has 6 rings (SSSR count). The molecule has 8 heteroatoms. The molecule has 0 unspecified atom stereocenters. The Hall–Kier alpha value is -3.75. The lowest BCUT2D eigenvalue weighted by molar-refractivity contribution is 0.0674. The summed E-state index contributed by atoms with van der Waals surface area (Å²) in [4.78, 5) is 13.7. The maximum absolute atomic E-state index is 13.7. The number of carbonyl (C=O) groups excluding carboxylic acids is 1. The van der Waals surface area contributed by atoms with Gasteiger partial charge in [0.2, 0.25) is 0 Å². The monoisotopic (exact) mass is 614 g/mol. The van der Waals surface area contributed by atoms with E-state index in [9.17, 15) is 4.79 Å². The molecule has 3 heterocycles. The zero-order chi connectivity index (χ0) is 25.4. The molecule has 0 N–H and O–H groups in total. The number of furan rings is 1. The van der Waals surface area contributed by atoms with E-state index in [-0.39, 0.29) is 11.7 Å². The Kier molecular flexibility index (Phi) is 6.36. The van der Waals surface area contributed by atoms with Crippen LogP contribution >= 0.6 is 31.9 Å². The van der Waals surface area contributed by atoms with Crippen molar-refractivity contribution in [1.29, 1.82) is 0 Å². The number of halogens is 2. The quantitative estimate of drug-likeness (QED) is 0.204. The van der Waals surface area contributed by atoms with E-state index in [0.717, 1.165) is 38.3 Å². The molecule has 3 aromatic carbocycles. The van der Waals surface area contributed by atoms with Crippen LogP contribution in [-0.4, -0.2) is 26.4 Å². The van der Waals surface area contributed by atoms with Crippen molar-refractivity contribution < 1.29 is 9.21 Å². The summed E-state index contributed by atoms with van der Waals surface area (Å²) in [7, 11) is 0. The molecule has 6 nitrogen and oxygen atoms in total. The van der Waals surface area contributed by atoms with Crippen LogP contribution in [-0.2, 0) is 0 Å². The average molecular weight is 616 g/mol. The Balaban J connectivity index is 1.48. The van der Waals surface area contributed by atoms with Gasteiger partial charge < -0.3 is 4.42 Å². The maximum atomic E-state index is 13.7. The SMILES string of the molecule is O=C(c1ccc(Br)o1)N1N=C(c2ccc(Br)cc2)C[C@@H]1c1nn(-c2ccccc2)cc1-c1ccccc1. The van der Waals surface area contributed by atoms with Crippen molar-refractivity contribution in [3.8, 4) is 16.8 Å². The van der Waals surface area contributed by atoms with Gasteiger partial charge in [0.05, 0.1) is 17.1 Å². The average Bonchev–Trinajstić information content (AvgIpc) is 3.68. The smallest absolute Gasteiger partial charge is 0.310 e. The molecule has 1 atom stereocenters. The van der Waals surface area contributed by atoms with Crippen LogP contribution in [0.15, 0.2) is 122 Å². The molecule has 182 valence electrons. The van der Waals surface area contributed by atoms with Gasteiger partial charge in [-0.2, -0.15) is 10.2 Å². The Morgan fingerprint density at radius 2 is 1.54 bits per heavy atom. The van der Waals surface area contributed by atoms with E-state index >= 15 is 0 Å².